The normalized spacial score (nSPS) is 17.9. The van der Waals surface area contributed by atoms with Crippen molar-refractivity contribution in [2.24, 2.45) is 0 Å². The minimum atomic E-state index is -0.366. The molecule has 0 radical (unpaired) electrons. The highest BCUT2D eigenvalue weighted by Gasteiger charge is 2.18. The molecule has 0 spiro atoms. The molecule has 0 saturated carbocycles. The van der Waals surface area contributed by atoms with Crippen LogP contribution in [0.25, 0.3) is 16.8 Å². The topological polar surface area (TPSA) is 12.0 Å². The predicted molar refractivity (Wildman–Crippen MR) is 69.4 cm³/mol. The number of nitrogens with one attached hydrogen (secondary N) is 1. The molecule has 2 aromatic carbocycles. The van der Waals surface area contributed by atoms with Crippen LogP contribution in [-0.2, 0) is 0 Å². The molecule has 0 aromatic heterocycles. The maximum absolute atomic E-state index is 14.0. The highest BCUT2D eigenvalue weighted by Crippen LogP contribution is 2.34. The van der Waals surface area contributed by atoms with Crippen LogP contribution < -0.4 is 5.32 Å². The molecular formula is C14H11ClFN. The third-order valence-corrected chi connectivity index (χ3v) is 3.44. The Kier molecular flexibility index (Phi) is 2.33. The van der Waals surface area contributed by atoms with E-state index in [2.05, 4.69) is 5.32 Å². The van der Waals surface area contributed by atoms with Gasteiger partial charge < -0.3 is 5.32 Å². The van der Waals surface area contributed by atoms with Crippen LogP contribution in [0.3, 0.4) is 0 Å². The van der Waals surface area contributed by atoms with Gasteiger partial charge in [0, 0.05) is 10.9 Å². The molecule has 1 aliphatic heterocycles. The second-order valence-electron chi connectivity index (χ2n) is 4.27. The van der Waals surface area contributed by atoms with Crippen molar-refractivity contribution in [3.05, 3.63) is 53.0 Å². The number of benzene rings is 2. The third-order valence-electron chi connectivity index (χ3n) is 3.08. The van der Waals surface area contributed by atoms with Gasteiger partial charge in [-0.25, -0.2) is 4.39 Å². The molecule has 86 valence electrons. The second kappa shape index (κ2) is 3.74. The van der Waals surface area contributed by atoms with Gasteiger partial charge in [0.2, 0.25) is 0 Å². The highest BCUT2D eigenvalue weighted by molar-refractivity contribution is 6.21. The van der Waals surface area contributed by atoms with Gasteiger partial charge in [0.1, 0.15) is 11.3 Å². The first-order valence-electron chi connectivity index (χ1n) is 5.46. The lowest BCUT2D eigenvalue weighted by atomic mass is 9.95. The molecular weight excluding hydrogens is 237 g/mol. The first kappa shape index (κ1) is 10.6. The Hall–Kier alpha value is -1.54. The Labute approximate surface area is 104 Å². The molecule has 1 nitrogen and oxygen atoms in total. The lowest BCUT2D eigenvalue weighted by Crippen LogP contribution is -2.14. The summed E-state index contributed by atoms with van der Waals surface area (Å²) in [5.74, 6) is -0.217. The van der Waals surface area contributed by atoms with E-state index in [0.29, 0.717) is 5.39 Å². The summed E-state index contributed by atoms with van der Waals surface area (Å²) >= 11 is 6.12. The van der Waals surface area contributed by atoms with E-state index in [1.54, 1.807) is 6.20 Å². The number of halogens is 2. The molecule has 0 bridgehead atoms. The molecule has 1 aliphatic rings. The van der Waals surface area contributed by atoms with Gasteiger partial charge in [-0.15, -0.1) is 0 Å². The maximum Gasteiger partial charge on any atom is 0.131 e. The summed E-state index contributed by atoms with van der Waals surface area (Å²) in [4.78, 5) is 0. The molecule has 0 fully saturated rings. The summed E-state index contributed by atoms with van der Waals surface area (Å²) in [6, 6.07) is 7.32. The van der Waals surface area contributed by atoms with Crippen molar-refractivity contribution in [3.8, 4) is 0 Å². The number of fused-ring (bicyclic) bond motifs is 3. The number of hydrogen-bond donors (Lipinski definition) is 1. The van der Waals surface area contributed by atoms with Crippen LogP contribution in [-0.4, -0.2) is 0 Å². The van der Waals surface area contributed by atoms with E-state index in [1.807, 2.05) is 31.2 Å². The highest BCUT2D eigenvalue weighted by atomic mass is 35.5. The van der Waals surface area contributed by atoms with E-state index >= 15 is 0 Å². The summed E-state index contributed by atoms with van der Waals surface area (Å²) in [6.07, 6.45) is 3.74. The summed E-state index contributed by atoms with van der Waals surface area (Å²) in [6.45, 7) is 1.96. The predicted octanol–water partition coefficient (Wildman–Crippen LogP) is 4.10. The summed E-state index contributed by atoms with van der Waals surface area (Å²) < 4.78 is 14.0. The van der Waals surface area contributed by atoms with Crippen molar-refractivity contribution in [3.63, 3.8) is 0 Å². The van der Waals surface area contributed by atoms with Crippen LogP contribution in [0.5, 0.6) is 0 Å². The number of aryl methyl sites for hydroxylation is 1. The Morgan fingerprint density at radius 1 is 1.24 bits per heavy atom. The van der Waals surface area contributed by atoms with E-state index in [-0.39, 0.29) is 11.3 Å². The molecule has 17 heavy (non-hydrogen) atoms. The van der Waals surface area contributed by atoms with Gasteiger partial charge >= 0.3 is 0 Å². The van der Waals surface area contributed by atoms with Crippen molar-refractivity contribution in [1.29, 1.82) is 0 Å². The molecule has 3 rings (SSSR count). The van der Waals surface area contributed by atoms with Crippen molar-refractivity contribution in [2.45, 2.75) is 12.4 Å². The van der Waals surface area contributed by atoms with Gasteiger partial charge in [0.05, 0.1) is 0 Å². The fourth-order valence-corrected chi connectivity index (χ4v) is 2.49. The van der Waals surface area contributed by atoms with Crippen molar-refractivity contribution >= 4 is 28.4 Å². The zero-order valence-corrected chi connectivity index (χ0v) is 10.1. The molecule has 0 aliphatic carbocycles. The lowest BCUT2D eigenvalue weighted by Gasteiger charge is -2.20. The standard InChI is InChI=1S/C14H11ClFN/c1-8-2-3-9-10-4-5-17-14(15)12(10)7-13(16)11(9)6-8/h2-7,14,17H,1H3. The largest absolute Gasteiger partial charge is 0.372 e. The molecule has 2 aromatic rings. The van der Waals surface area contributed by atoms with Gasteiger partial charge in [-0.05, 0) is 42.3 Å². The molecule has 3 heteroatoms. The van der Waals surface area contributed by atoms with Gasteiger partial charge in [0.25, 0.3) is 0 Å². The second-order valence-corrected chi connectivity index (χ2v) is 4.71. The Morgan fingerprint density at radius 2 is 2.06 bits per heavy atom. The minimum absolute atomic E-state index is 0.217. The van der Waals surface area contributed by atoms with E-state index < -0.39 is 0 Å². The van der Waals surface area contributed by atoms with Crippen LogP contribution in [0.1, 0.15) is 22.2 Å². The van der Waals surface area contributed by atoms with Gasteiger partial charge in [-0.1, -0.05) is 29.3 Å². The van der Waals surface area contributed by atoms with Crippen molar-refractivity contribution in [1.82, 2.24) is 5.32 Å². The monoisotopic (exact) mass is 247 g/mol. The SMILES string of the molecule is Cc1ccc2c3c(cc(F)c2c1)C(Cl)NC=C3. The van der Waals surface area contributed by atoms with Crippen LogP contribution >= 0.6 is 11.6 Å². The van der Waals surface area contributed by atoms with Gasteiger partial charge in [0.15, 0.2) is 0 Å². The summed E-state index contributed by atoms with van der Waals surface area (Å²) in [5.41, 5.74) is 2.48. The van der Waals surface area contributed by atoms with E-state index in [1.165, 1.54) is 6.07 Å². The fourth-order valence-electron chi connectivity index (χ4n) is 2.24. The smallest absolute Gasteiger partial charge is 0.131 e. The molecule has 1 N–H and O–H groups in total. The van der Waals surface area contributed by atoms with Crippen LogP contribution in [0.15, 0.2) is 30.5 Å². The lowest BCUT2D eigenvalue weighted by molar-refractivity contribution is 0.635. The minimum Gasteiger partial charge on any atom is -0.372 e. The van der Waals surface area contributed by atoms with E-state index in [0.717, 1.165) is 22.1 Å². The van der Waals surface area contributed by atoms with Crippen molar-refractivity contribution < 1.29 is 4.39 Å². The Bertz CT molecular complexity index is 634. The first-order chi connectivity index (χ1) is 8.16. The number of alkyl halides is 1. The number of hydrogen-bond acceptors (Lipinski definition) is 1. The average molecular weight is 248 g/mol. The molecule has 1 heterocycles. The summed E-state index contributed by atoms with van der Waals surface area (Å²) in [5, 5.41) is 4.52. The quantitative estimate of drug-likeness (QED) is 0.546. The fraction of sp³-hybridized carbons (Fsp3) is 0.143. The van der Waals surface area contributed by atoms with Crippen LogP contribution in [0.2, 0.25) is 0 Å². The molecule has 1 unspecified atom stereocenters. The zero-order chi connectivity index (χ0) is 12.0. The average Bonchev–Trinajstić information content (AvgIpc) is 2.31. The number of rotatable bonds is 0. The molecule has 1 atom stereocenters. The van der Waals surface area contributed by atoms with Gasteiger partial charge in [-0.3, -0.25) is 0 Å². The third kappa shape index (κ3) is 1.60. The summed E-state index contributed by atoms with van der Waals surface area (Å²) in [7, 11) is 0. The first-order valence-corrected chi connectivity index (χ1v) is 5.90. The van der Waals surface area contributed by atoms with Crippen LogP contribution in [0.4, 0.5) is 4.39 Å². The van der Waals surface area contributed by atoms with Gasteiger partial charge in [-0.2, -0.15) is 0 Å². The molecule has 0 saturated heterocycles. The Balaban J connectivity index is 2.43. The van der Waals surface area contributed by atoms with E-state index in [9.17, 15) is 4.39 Å². The van der Waals surface area contributed by atoms with Crippen molar-refractivity contribution in [2.75, 3.05) is 0 Å². The molecule has 0 amide bonds. The zero-order valence-electron chi connectivity index (χ0n) is 9.30. The Morgan fingerprint density at radius 3 is 2.88 bits per heavy atom. The maximum atomic E-state index is 14.0. The van der Waals surface area contributed by atoms with Crippen LogP contribution in [0, 0.1) is 12.7 Å². The van der Waals surface area contributed by atoms with E-state index in [4.69, 9.17) is 11.6 Å².